The van der Waals surface area contributed by atoms with Crippen LogP contribution in [0.5, 0.6) is 5.75 Å². The summed E-state index contributed by atoms with van der Waals surface area (Å²) >= 11 is 0. The number of hydrogen-bond acceptors (Lipinski definition) is 3. The number of nitrogens with one attached hydrogen (secondary N) is 1. The second-order valence-electron chi connectivity index (χ2n) is 5.12. The quantitative estimate of drug-likeness (QED) is 0.835. The van der Waals surface area contributed by atoms with Crippen molar-refractivity contribution in [1.29, 1.82) is 0 Å². The van der Waals surface area contributed by atoms with Crippen molar-refractivity contribution in [2.45, 2.75) is 25.8 Å². The SMILES string of the molecule is CCNC1CCc2c(OCCN(C)C)cccc21. The lowest BCUT2D eigenvalue weighted by atomic mass is 10.1. The lowest BCUT2D eigenvalue weighted by Crippen LogP contribution is -2.20. The third-order valence-electron chi connectivity index (χ3n) is 3.47. The highest BCUT2D eigenvalue weighted by molar-refractivity contribution is 5.45. The average molecular weight is 248 g/mol. The van der Waals surface area contributed by atoms with Gasteiger partial charge in [-0.3, -0.25) is 0 Å². The Bertz CT molecular complexity index is 390. The maximum Gasteiger partial charge on any atom is 0.122 e. The van der Waals surface area contributed by atoms with Gasteiger partial charge in [-0.25, -0.2) is 0 Å². The first-order valence-corrected chi connectivity index (χ1v) is 6.85. The highest BCUT2D eigenvalue weighted by Gasteiger charge is 2.24. The van der Waals surface area contributed by atoms with E-state index < -0.39 is 0 Å². The van der Waals surface area contributed by atoms with E-state index >= 15 is 0 Å². The minimum absolute atomic E-state index is 0.516. The van der Waals surface area contributed by atoms with Crippen LogP contribution < -0.4 is 10.1 Å². The molecular formula is C15H24N2O. The Balaban J connectivity index is 2.05. The van der Waals surface area contributed by atoms with Gasteiger partial charge in [0, 0.05) is 12.6 Å². The van der Waals surface area contributed by atoms with Gasteiger partial charge in [0.05, 0.1) is 0 Å². The number of benzene rings is 1. The summed E-state index contributed by atoms with van der Waals surface area (Å²) < 4.78 is 5.92. The summed E-state index contributed by atoms with van der Waals surface area (Å²) in [6.45, 7) is 4.90. The molecule has 100 valence electrons. The topological polar surface area (TPSA) is 24.5 Å². The van der Waals surface area contributed by atoms with Crippen LogP contribution in [0.1, 0.15) is 30.5 Å². The van der Waals surface area contributed by atoms with E-state index in [1.54, 1.807) is 0 Å². The molecule has 0 aromatic heterocycles. The minimum atomic E-state index is 0.516. The van der Waals surface area contributed by atoms with E-state index in [0.717, 1.165) is 31.9 Å². The molecule has 1 unspecified atom stereocenters. The lowest BCUT2D eigenvalue weighted by Gasteiger charge is -2.15. The molecule has 18 heavy (non-hydrogen) atoms. The van der Waals surface area contributed by atoms with E-state index in [-0.39, 0.29) is 0 Å². The van der Waals surface area contributed by atoms with Crippen molar-refractivity contribution >= 4 is 0 Å². The molecule has 1 aromatic rings. The van der Waals surface area contributed by atoms with Gasteiger partial charge in [-0.2, -0.15) is 0 Å². The maximum absolute atomic E-state index is 5.92. The van der Waals surface area contributed by atoms with E-state index in [1.807, 2.05) is 0 Å². The van der Waals surface area contributed by atoms with Crippen LogP contribution in [-0.2, 0) is 6.42 Å². The van der Waals surface area contributed by atoms with Crippen LogP contribution >= 0.6 is 0 Å². The predicted octanol–water partition coefficient (Wildman–Crippen LogP) is 2.22. The summed E-state index contributed by atoms with van der Waals surface area (Å²) in [6, 6.07) is 6.96. The van der Waals surface area contributed by atoms with Gasteiger partial charge in [-0.1, -0.05) is 19.1 Å². The Labute approximate surface area is 110 Å². The Morgan fingerprint density at radius 2 is 2.22 bits per heavy atom. The van der Waals surface area contributed by atoms with Crippen LogP contribution in [0.15, 0.2) is 18.2 Å². The van der Waals surface area contributed by atoms with Crippen molar-refractivity contribution in [2.75, 3.05) is 33.8 Å². The molecule has 0 saturated heterocycles. The number of nitrogens with zero attached hydrogens (tertiary/aromatic N) is 1. The molecule has 1 atom stereocenters. The predicted molar refractivity (Wildman–Crippen MR) is 75.2 cm³/mol. The summed E-state index contributed by atoms with van der Waals surface area (Å²) in [7, 11) is 4.14. The molecule has 2 rings (SSSR count). The molecule has 1 aromatic carbocycles. The summed E-state index contributed by atoms with van der Waals surface area (Å²) in [4.78, 5) is 2.14. The molecule has 0 bridgehead atoms. The van der Waals surface area contributed by atoms with Gasteiger partial charge < -0.3 is 15.0 Å². The minimum Gasteiger partial charge on any atom is -0.492 e. The van der Waals surface area contributed by atoms with Crippen molar-refractivity contribution in [3.8, 4) is 5.75 Å². The first-order valence-electron chi connectivity index (χ1n) is 6.85. The third-order valence-corrected chi connectivity index (χ3v) is 3.47. The first kappa shape index (κ1) is 13.4. The van der Waals surface area contributed by atoms with E-state index in [0.29, 0.717) is 6.04 Å². The standard InChI is InChI=1S/C15H24N2O/c1-4-16-14-9-8-13-12(14)6-5-7-15(13)18-11-10-17(2)3/h5-7,14,16H,4,8-11H2,1-3H3. The number of likely N-dealkylation sites (N-methyl/N-ethyl adjacent to an activating group) is 1. The summed E-state index contributed by atoms with van der Waals surface area (Å²) in [6.07, 6.45) is 2.32. The largest absolute Gasteiger partial charge is 0.492 e. The van der Waals surface area contributed by atoms with Gasteiger partial charge >= 0.3 is 0 Å². The molecule has 3 heteroatoms. The van der Waals surface area contributed by atoms with Crippen LogP contribution in [0.4, 0.5) is 0 Å². The van der Waals surface area contributed by atoms with Crippen LogP contribution in [0.25, 0.3) is 0 Å². The van der Waals surface area contributed by atoms with Crippen molar-refractivity contribution in [2.24, 2.45) is 0 Å². The lowest BCUT2D eigenvalue weighted by molar-refractivity contribution is 0.259. The summed E-state index contributed by atoms with van der Waals surface area (Å²) in [5.74, 6) is 1.08. The number of fused-ring (bicyclic) bond motifs is 1. The third kappa shape index (κ3) is 3.03. The average Bonchev–Trinajstić information content (AvgIpc) is 2.74. The van der Waals surface area contributed by atoms with E-state index in [1.165, 1.54) is 17.5 Å². The van der Waals surface area contributed by atoms with Crippen molar-refractivity contribution in [1.82, 2.24) is 10.2 Å². The van der Waals surface area contributed by atoms with Crippen molar-refractivity contribution in [3.05, 3.63) is 29.3 Å². The molecule has 3 nitrogen and oxygen atoms in total. The fourth-order valence-electron chi connectivity index (χ4n) is 2.55. The highest BCUT2D eigenvalue weighted by Crippen LogP contribution is 2.36. The van der Waals surface area contributed by atoms with Gasteiger partial charge in [0.15, 0.2) is 0 Å². The Kier molecular flexibility index (Phi) is 4.61. The Hall–Kier alpha value is -1.06. The Morgan fingerprint density at radius 3 is 2.94 bits per heavy atom. The molecule has 0 heterocycles. The number of ether oxygens (including phenoxy) is 1. The van der Waals surface area contributed by atoms with Crippen LogP contribution in [-0.4, -0.2) is 38.7 Å². The molecule has 0 fully saturated rings. The van der Waals surface area contributed by atoms with E-state index in [9.17, 15) is 0 Å². The zero-order valence-corrected chi connectivity index (χ0v) is 11.7. The van der Waals surface area contributed by atoms with Gasteiger partial charge in [0.1, 0.15) is 12.4 Å². The van der Waals surface area contributed by atoms with Gasteiger partial charge in [0.25, 0.3) is 0 Å². The monoisotopic (exact) mass is 248 g/mol. The zero-order valence-electron chi connectivity index (χ0n) is 11.7. The second-order valence-corrected chi connectivity index (χ2v) is 5.12. The molecule has 1 aliphatic rings. The normalized spacial score (nSPS) is 18.1. The fraction of sp³-hybridized carbons (Fsp3) is 0.600. The van der Waals surface area contributed by atoms with Crippen LogP contribution in [0.2, 0.25) is 0 Å². The molecule has 0 saturated carbocycles. The van der Waals surface area contributed by atoms with Gasteiger partial charge in [0.2, 0.25) is 0 Å². The maximum atomic E-state index is 5.92. The van der Waals surface area contributed by atoms with E-state index in [2.05, 4.69) is 49.4 Å². The highest BCUT2D eigenvalue weighted by atomic mass is 16.5. The molecule has 0 radical (unpaired) electrons. The van der Waals surface area contributed by atoms with Gasteiger partial charge in [-0.05, 0) is 50.7 Å². The number of hydrogen-bond donors (Lipinski definition) is 1. The molecular weight excluding hydrogens is 224 g/mol. The first-order chi connectivity index (χ1) is 8.72. The van der Waals surface area contributed by atoms with Crippen LogP contribution in [0, 0.1) is 0 Å². The molecule has 0 amide bonds. The molecule has 1 aliphatic carbocycles. The van der Waals surface area contributed by atoms with E-state index in [4.69, 9.17) is 4.74 Å². The summed E-state index contributed by atoms with van der Waals surface area (Å²) in [5, 5.41) is 3.54. The van der Waals surface area contributed by atoms with Gasteiger partial charge in [-0.15, -0.1) is 0 Å². The zero-order chi connectivity index (χ0) is 13.0. The fourth-order valence-corrected chi connectivity index (χ4v) is 2.55. The molecule has 0 spiro atoms. The second kappa shape index (κ2) is 6.21. The molecule has 1 N–H and O–H groups in total. The van der Waals surface area contributed by atoms with Crippen molar-refractivity contribution in [3.63, 3.8) is 0 Å². The van der Waals surface area contributed by atoms with Crippen molar-refractivity contribution < 1.29 is 4.74 Å². The summed E-state index contributed by atoms with van der Waals surface area (Å²) in [5.41, 5.74) is 2.83. The number of rotatable bonds is 6. The van der Waals surface area contributed by atoms with Crippen LogP contribution in [0.3, 0.4) is 0 Å². The molecule has 0 aliphatic heterocycles. The Morgan fingerprint density at radius 1 is 1.39 bits per heavy atom. The smallest absolute Gasteiger partial charge is 0.122 e.